The average molecular weight is 613 g/mol. The second kappa shape index (κ2) is 13.5. The molecule has 1 atom stereocenters. The minimum absolute atomic E-state index is 0.0664. The Balaban J connectivity index is 1.69. The zero-order chi connectivity index (χ0) is 29.6. The van der Waals surface area contributed by atoms with Crippen molar-refractivity contribution < 1.29 is 18.0 Å². The van der Waals surface area contributed by atoms with Gasteiger partial charge < -0.3 is 10.2 Å². The largest absolute Gasteiger partial charge is 0.355 e. The van der Waals surface area contributed by atoms with Crippen LogP contribution >= 0.6 is 23.2 Å². The normalized spacial score (nSPS) is 12.3. The summed E-state index contributed by atoms with van der Waals surface area (Å²) in [5.41, 5.74) is 1.30. The molecule has 0 aliphatic carbocycles. The minimum atomic E-state index is -4.03. The van der Waals surface area contributed by atoms with Gasteiger partial charge in [0, 0.05) is 42.2 Å². The van der Waals surface area contributed by atoms with Gasteiger partial charge in [-0.3, -0.25) is 9.59 Å². The molecule has 0 fully saturated rings. The molecule has 0 saturated heterocycles. The van der Waals surface area contributed by atoms with Gasteiger partial charge in [-0.1, -0.05) is 89.9 Å². The Hall–Kier alpha value is -3.43. The monoisotopic (exact) mass is 611 g/mol. The molecule has 0 aliphatic rings. The quantitative estimate of drug-likeness (QED) is 0.241. The van der Waals surface area contributed by atoms with Crippen LogP contribution in [0.4, 0.5) is 0 Å². The van der Waals surface area contributed by atoms with Crippen LogP contribution in [-0.4, -0.2) is 55.6 Å². The molecular weight excluding hydrogens is 581 g/mol. The molecule has 4 aromatic carbocycles. The van der Waals surface area contributed by atoms with Crippen LogP contribution in [0.5, 0.6) is 0 Å². The van der Waals surface area contributed by atoms with Gasteiger partial charge >= 0.3 is 0 Å². The molecule has 41 heavy (non-hydrogen) atoms. The molecule has 0 saturated carbocycles. The zero-order valence-electron chi connectivity index (χ0n) is 22.8. The van der Waals surface area contributed by atoms with Crippen LogP contribution in [0.15, 0.2) is 95.9 Å². The second-order valence-electron chi connectivity index (χ2n) is 9.59. The Morgan fingerprint density at radius 1 is 0.854 bits per heavy atom. The third kappa shape index (κ3) is 7.26. The van der Waals surface area contributed by atoms with Crippen molar-refractivity contribution >= 4 is 55.8 Å². The van der Waals surface area contributed by atoms with Gasteiger partial charge in [0.25, 0.3) is 0 Å². The Labute approximate surface area is 250 Å². The number of nitrogens with zero attached hydrogens (tertiary/aromatic N) is 2. The maximum atomic E-state index is 14.0. The highest BCUT2D eigenvalue weighted by Gasteiger charge is 2.33. The molecule has 10 heteroatoms. The van der Waals surface area contributed by atoms with E-state index in [1.54, 1.807) is 37.3 Å². The van der Waals surface area contributed by atoms with E-state index >= 15 is 0 Å². The molecule has 0 heterocycles. The van der Waals surface area contributed by atoms with Crippen molar-refractivity contribution in [2.45, 2.75) is 30.8 Å². The molecule has 4 aromatic rings. The standard InChI is InChI=1S/C31H31Cl2N3O4S/c1-3-34-31(38)29(18-22-10-5-4-6-11-22)36(20-26-27(32)14-9-15-28(26)33)30(37)21-35(2)41(39,40)25-17-16-23-12-7-8-13-24(23)19-25/h4-17,19,29H,3,18,20-21H2,1-2H3,(H,34,38). The molecule has 7 nitrogen and oxygen atoms in total. The number of hydrogen-bond donors (Lipinski definition) is 1. The summed E-state index contributed by atoms with van der Waals surface area (Å²) in [4.78, 5) is 28.8. The molecule has 0 aliphatic heterocycles. The minimum Gasteiger partial charge on any atom is -0.355 e. The topological polar surface area (TPSA) is 86.8 Å². The molecule has 0 bridgehead atoms. The summed E-state index contributed by atoms with van der Waals surface area (Å²) in [7, 11) is -2.68. The summed E-state index contributed by atoms with van der Waals surface area (Å²) >= 11 is 12.9. The van der Waals surface area contributed by atoms with Crippen LogP contribution in [0.3, 0.4) is 0 Å². The lowest BCUT2D eigenvalue weighted by Gasteiger charge is -2.33. The lowest BCUT2D eigenvalue weighted by molar-refractivity contribution is -0.141. The number of carbonyl (C=O) groups is 2. The second-order valence-corrected chi connectivity index (χ2v) is 12.5. The van der Waals surface area contributed by atoms with E-state index in [0.717, 1.165) is 20.6 Å². The number of halogens is 2. The lowest BCUT2D eigenvalue weighted by atomic mass is 10.0. The number of rotatable bonds is 11. The highest BCUT2D eigenvalue weighted by atomic mass is 35.5. The molecule has 1 unspecified atom stereocenters. The van der Waals surface area contributed by atoms with E-state index in [2.05, 4.69) is 5.32 Å². The Morgan fingerprint density at radius 2 is 1.49 bits per heavy atom. The van der Waals surface area contributed by atoms with Gasteiger partial charge in [-0.25, -0.2) is 8.42 Å². The van der Waals surface area contributed by atoms with Gasteiger partial charge in [0.05, 0.1) is 11.4 Å². The van der Waals surface area contributed by atoms with Crippen LogP contribution in [0, 0.1) is 0 Å². The van der Waals surface area contributed by atoms with Crippen molar-refractivity contribution in [1.29, 1.82) is 0 Å². The Bertz CT molecular complexity index is 1630. The van der Waals surface area contributed by atoms with Crippen LogP contribution in [-0.2, 0) is 32.6 Å². The number of carbonyl (C=O) groups excluding carboxylic acids is 2. The van der Waals surface area contributed by atoms with Crippen LogP contribution in [0.2, 0.25) is 10.0 Å². The van der Waals surface area contributed by atoms with Gasteiger partial charge in [0.15, 0.2) is 0 Å². The SMILES string of the molecule is CCNC(=O)C(Cc1ccccc1)N(Cc1c(Cl)cccc1Cl)C(=O)CN(C)S(=O)(=O)c1ccc2ccccc2c1. The number of likely N-dealkylation sites (N-methyl/N-ethyl adjacent to an activating group) is 2. The maximum absolute atomic E-state index is 14.0. The fourth-order valence-corrected chi connectivity index (χ4v) is 6.25. The van der Waals surface area contributed by atoms with Crippen molar-refractivity contribution in [3.63, 3.8) is 0 Å². The zero-order valence-corrected chi connectivity index (χ0v) is 25.1. The number of fused-ring (bicyclic) bond motifs is 1. The molecule has 4 rings (SSSR count). The molecule has 0 spiro atoms. The van der Waals surface area contributed by atoms with Crippen molar-refractivity contribution in [2.75, 3.05) is 20.1 Å². The molecule has 0 aromatic heterocycles. The van der Waals surface area contributed by atoms with Gasteiger partial charge in [0.2, 0.25) is 21.8 Å². The van der Waals surface area contributed by atoms with Crippen molar-refractivity contribution in [2.24, 2.45) is 0 Å². The first-order valence-electron chi connectivity index (χ1n) is 13.1. The van der Waals surface area contributed by atoms with E-state index in [1.165, 1.54) is 18.0 Å². The maximum Gasteiger partial charge on any atom is 0.243 e. The first-order chi connectivity index (χ1) is 19.6. The van der Waals surface area contributed by atoms with E-state index in [9.17, 15) is 18.0 Å². The molecular formula is C31H31Cl2N3O4S. The molecule has 2 amide bonds. The molecule has 214 valence electrons. The van der Waals surface area contributed by atoms with Gasteiger partial charge in [-0.05, 0) is 47.5 Å². The number of nitrogens with one attached hydrogen (secondary N) is 1. The third-order valence-corrected chi connectivity index (χ3v) is 9.31. The Kier molecular flexibility index (Phi) is 10.0. The smallest absolute Gasteiger partial charge is 0.243 e. The van der Waals surface area contributed by atoms with Gasteiger partial charge in [-0.15, -0.1) is 0 Å². The van der Waals surface area contributed by atoms with Crippen molar-refractivity contribution in [1.82, 2.24) is 14.5 Å². The van der Waals surface area contributed by atoms with Gasteiger partial charge in [0.1, 0.15) is 6.04 Å². The average Bonchev–Trinajstić information content (AvgIpc) is 2.96. The molecule has 0 radical (unpaired) electrons. The summed E-state index contributed by atoms with van der Waals surface area (Å²) < 4.78 is 28.1. The predicted octanol–water partition coefficient (Wildman–Crippen LogP) is 5.54. The van der Waals surface area contributed by atoms with Crippen molar-refractivity contribution in [3.8, 4) is 0 Å². The lowest BCUT2D eigenvalue weighted by Crippen LogP contribution is -2.53. The van der Waals surface area contributed by atoms with Crippen LogP contribution in [0.25, 0.3) is 10.8 Å². The van der Waals surface area contributed by atoms with E-state index in [0.29, 0.717) is 22.2 Å². The predicted molar refractivity (Wildman–Crippen MR) is 163 cm³/mol. The summed E-state index contributed by atoms with van der Waals surface area (Å²) in [6.07, 6.45) is 0.210. The van der Waals surface area contributed by atoms with E-state index in [4.69, 9.17) is 23.2 Å². The summed E-state index contributed by atoms with van der Waals surface area (Å²) in [6, 6.07) is 25.6. The van der Waals surface area contributed by atoms with E-state index < -0.39 is 28.5 Å². The van der Waals surface area contributed by atoms with E-state index in [1.807, 2.05) is 54.6 Å². The van der Waals surface area contributed by atoms with Crippen molar-refractivity contribution in [3.05, 3.63) is 112 Å². The number of benzene rings is 4. The number of hydrogen-bond acceptors (Lipinski definition) is 4. The summed E-state index contributed by atoms with van der Waals surface area (Å²) in [5, 5.41) is 5.15. The van der Waals surface area contributed by atoms with E-state index in [-0.39, 0.29) is 23.8 Å². The first-order valence-corrected chi connectivity index (χ1v) is 15.3. The highest BCUT2D eigenvalue weighted by Crippen LogP contribution is 2.28. The van der Waals surface area contributed by atoms with Gasteiger partial charge in [-0.2, -0.15) is 4.31 Å². The summed E-state index contributed by atoms with van der Waals surface area (Å²) in [6.45, 7) is 1.56. The first kappa shape index (κ1) is 30.5. The highest BCUT2D eigenvalue weighted by molar-refractivity contribution is 7.89. The van der Waals surface area contributed by atoms with Crippen LogP contribution in [0.1, 0.15) is 18.1 Å². The molecule has 1 N–H and O–H groups in total. The number of amides is 2. The number of sulfonamides is 1. The summed E-state index contributed by atoms with van der Waals surface area (Å²) in [5.74, 6) is -0.937. The third-order valence-electron chi connectivity index (χ3n) is 6.80. The fourth-order valence-electron chi connectivity index (χ4n) is 4.57. The fraction of sp³-hybridized carbons (Fsp3) is 0.226. The van der Waals surface area contributed by atoms with Crippen LogP contribution < -0.4 is 5.32 Å². The Morgan fingerprint density at radius 3 is 2.15 bits per heavy atom.